The fourth-order valence-corrected chi connectivity index (χ4v) is 9.32. The van der Waals surface area contributed by atoms with Gasteiger partial charge in [0, 0.05) is 12.8 Å². The largest absolute Gasteiger partial charge is 0.472 e. The molecule has 10 heteroatoms. The van der Waals surface area contributed by atoms with E-state index in [2.05, 4.69) is 148 Å². The summed E-state index contributed by atoms with van der Waals surface area (Å²) < 4.78 is 30.7. The number of carbonyl (C=O) groups excluding carboxylic acids is 2. The first-order valence-electron chi connectivity index (χ1n) is 32.5. The topological polar surface area (TPSA) is 111 Å². The second kappa shape index (κ2) is 59.3. The van der Waals surface area contributed by atoms with Crippen molar-refractivity contribution in [3.8, 4) is 0 Å². The summed E-state index contributed by atoms with van der Waals surface area (Å²) >= 11 is 0. The molecule has 0 aliphatic carbocycles. The first-order valence-corrected chi connectivity index (χ1v) is 34.0. The molecule has 1 amide bonds. The van der Waals surface area contributed by atoms with E-state index in [1.165, 1.54) is 96.3 Å². The number of carbonyl (C=O) groups is 2. The first kappa shape index (κ1) is 77.2. The predicted molar refractivity (Wildman–Crippen MR) is 350 cm³/mol. The van der Waals surface area contributed by atoms with Gasteiger partial charge in [-0.1, -0.05) is 251 Å². The van der Waals surface area contributed by atoms with Gasteiger partial charge in [-0.3, -0.25) is 18.6 Å². The Morgan fingerprint density at radius 2 is 0.802 bits per heavy atom. The number of hydrogen-bond donors (Lipinski definition) is 2. The van der Waals surface area contributed by atoms with Gasteiger partial charge < -0.3 is 19.4 Å². The normalized spacial score (nSPS) is 14.5. The van der Waals surface area contributed by atoms with Gasteiger partial charge >= 0.3 is 13.8 Å². The molecule has 0 aliphatic rings. The molecule has 0 radical (unpaired) electrons. The van der Waals surface area contributed by atoms with Gasteiger partial charge in [0.1, 0.15) is 19.3 Å². The highest BCUT2D eigenvalue weighted by Gasteiger charge is 2.30. The van der Waals surface area contributed by atoms with Crippen LogP contribution in [0.5, 0.6) is 0 Å². The van der Waals surface area contributed by atoms with E-state index in [9.17, 15) is 19.0 Å². The number of phosphoric acid groups is 1. The van der Waals surface area contributed by atoms with E-state index in [1.54, 1.807) is 0 Å². The van der Waals surface area contributed by atoms with Gasteiger partial charge in [-0.25, -0.2) is 4.57 Å². The zero-order valence-electron chi connectivity index (χ0n) is 52.7. The minimum Gasteiger partial charge on any atom is -0.456 e. The number of likely N-dealkylation sites (N-methyl/N-ethyl adjacent to an activating group) is 1. The lowest BCUT2D eigenvalue weighted by molar-refractivity contribution is -0.870. The van der Waals surface area contributed by atoms with Gasteiger partial charge in [0.2, 0.25) is 5.91 Å². The molecule has 0 bridgehead atoms. The minimum absolute atomic E-state index is 0.0217. The summed E-state index contributed by atoms with van der Waals surface area (Å²) in [6, 6.07) is -0.890. The molecular formula is C71H122N2O7P+. The maximum atomic E-state index is 13.5. The minimum atomic E-state index is -4.47. The van der Waals surface area contributed by atoms with E-state index in [0.29, 0.717) is 23.9 Å². The van der Waals surface area contributed by atoms with Crippen LogP contribution in [0.25, 0.3) is 0 Å². The molecule has 0 spiro atoms. The molecule has 3 atom stereocenters. The summed E-state index contributed by atoms with van der Waals surface area (Å²) in [4.78, 5) is 37.7. The zero-order valence-corrected chi connectivity index (χ0v) is 53.6. The Hall–Kier alpha value is -3.85. The smallest absolute Gasteiger partial charge is 0.456 e. The van der Waals surface area contributed by atoms with E-state index >= 15 is 0 Å². The number of phosphoric ester groups is 1. The molecule has 0 aliphatic heterocycles. The van der Waals surface area contributed by atoms with Gasteiger partial charge in [0.25, 0.3) is 0 Å². The van der Waals surface area contributed by atoms with Crippen molar-refractivity contribution in [3.63, 3.8) is 0 Å². The number of hydrogen-bond acceptors (Lipinski definition) is 6. The van der Waals surface area contributed by atoms with E-state index < -0.39 is 20.0 Å². The molecule has 81 heavy (non-hydrogen) atoms. The standard InChI is InChI=1S/C71H121N2O7P/c1-7-10-13-16-19-22-25-27-29-31-32-33-34-35-36-37-38-39-40-42-44-46-49-52-55-58-61-64-71(75)80-69(62-59-56-53-50-47-24-21-18-15-12-9-3)68(67-79-81(76,77)78-66-65-73(4,5)6)72-70(74)63-60-57-54-51-48-45-43-41-30-28-26-23-20-17-14-11-8-2/h10,13,19-20,22-23,27-30,32-33,35-36,38-39,43,45,51,54,59,62,68-69H,7-9,11-12,14-18,21,24-26,31,34,37,40-42,44,46-50,52-53,55-58,60-61,63-67H2,1-6H3,(H-,72,74,76,77)/p+1/b13-10-,22-19-,23-20-,29-27-,30-28-,33-32-,36-35-,39-38-,45-43-,54-51-,62-59-. The zero-order chi connectivity index (χ0) is 59.3. The summed E-state index contributed by atoms with van der Waals surface area (Å²) in [6.07, 6.45) is 84.7. The van der Waals surface area contributed by atoms with E-state index in [1.807, 2.05) is 33.3 Å². The number of quaternary nitrogens is 1. The maximum absolute atomic E-state index is 13.5. The number of nitrogens with zero attached hydrogens (tertiary/aromatic N) is 1. The van der Waals surface area contributed by atoms with Crippen LogP contribution in [-0.4, -0.2) is 74.3 Å². The van der Waals surface area contributed by atoms with Crippen LogP contribution in [0.15, 0.2) is 134 Å². The van der Waals surface area contributed by atoms with Gasteiger partial charge in [0.15, 0.2) is 0 Å². The number of rotatable bonds is 57. The van der Waals surface area contributed by atoms with Crippen molar-refractivity contribution in [1.29, 1.82) is 0 Å². The maximum Gasteiger partial charge on any atom is 0.472 e. The van der Waals surface area contributed by atoms with Crippen molar-refractivity contribution in [2.24, 2.45) is 0 Å². The van der Waals surface area contributed by atoms with Crippen molar-refractivity contribution >= 4 is 19.7 Å². The number of unbranched alkanes of at least 4 members (excludes halogenated alkanes) is 21. The number of amides is 1. The Bertz CT molecular complexity index is 1850. The van der Waals surface area contributed by atoms with Crippen molar-refractivity contribution in [2.45, 2.75) is 264 Å². The van der Waals surface area contributed by atoms with Gasteiger partial charge in [-0.15, -0.1) is 0 Å². The highest BCUT2D eigenvalue weighted by atomic mass is 31.2. The van der Waals surface area contributed by atoms with Gasteiger partial charge in [0.05, 0.1) is 33.8 Å². The monoisotopic (exact) mass is 1150 g/mol. The van der Waals surface area contributed by atoms with Crippen LogP contribution < -0.4 is 5.32 Å². The Morgan fingerprint density at radius 1 is 0.444 bits per heavy atom. The Kier molecular flexibility index (Phi) is 56.5. The van der Waals surface area contributed by atoms with E-state index in [4.69, 9.17) is 13.8 Å². The SMILES string of the molecule is CC/C=C\C/C=C\C/C=C\C/C=C\C/C=C\C/C=C\CCCCCCCCCCC(=O)OC(/C=C\CCCCCCCCCCC)C(COP(=O)(O)OCC[N+](C)(C)C)NC(=O)CCC/C=C\C/C=C\C/C=C\C/C=C\CCCCC. The fourth-order valence-electron chi connectivity index (χ4n) is 8.58. The average molecular weight is 1150 g/mol. The summed E-state index contributed by atoms with van der Waals surface area (Å²) in [5, 5.41) is 3.02. The van der Waals surface area contributed by atoms with Gasteiger partial charge in [-0.2, -0.15) is 0 Å². The second-order valence-electron chi connectivity index (χ2n) is 22.5. The van der Waals surface area contributed by atoms with Crippen LogP contribution in [0.3, 0.4) is 0 Å². The summed E-state index contributed by atoms with van der Waals surface area (Å²) in [5.74, 6) is -0.589. The predicted octanol–water partition coefficient (Wildman–Crippen LogP) is 20.4. The molecule has 9 nitrogen and oxygen atoms in total. The molecule has 0 aromatic heterocycles. The number of allylic oxidation sites excluding steroid dienone is 21. The second-order valence-corrected chi connectivity index (χ2v) is 24.0. The van der Waals surface area contributed by atoms with Crippen LogP contribution in [0.1, 0.15) is 252 Å². The fraction of sp³-hybridized carbons (Fsp3) is 0.662. The molecule has 3 unspecified atom stereocenters. The molecule has 0 aromatic carbocycles. The molecule has 2 N–H and O–H groups in total. The Morgan fingerprint density at radius 3 is 1.23 bits per heavy atom. The molecular weight excluding hydrogens is 1020 g/mol. The quantitative estimate of drug-likeness (QED) is 0.0205. The molecule has 0 fully saturated rings. The third-order valence-corrected chi connectivity index (χ3v) is 14.6. The van der Waals surface area contributed by atoms with Crippen LogP contribution in [0, 0.1) is 0 Å². The lowest BCUT2D eigenvalue weighted by atomic mass is 10.1. The first-order chi connectivity index (χ1) is 39.4. The Labute approximate surface area is 498 Å². The van der Waals surface area contributed by atoms with Crippen LogP contribution in [-0.2, 0) is 27.9 Å². The van der Waals surface area contributed by atoms with Crippen molar-refractivity contribution in [1.82, 2.24) is 5.32 Å². The molecule has 0 rings (SSSR count). The molecule has 0 heterocycles. The van der Waals surface area contributed by atoms with Crippen molar-refractivity contribution in [2.75, 3.05) is 40.9 Å². The van der Waals surface area contributed by atoms with Crippen LogP contribution >= 0.6 is 7.82 Å². The summed E-state index contributed by atoms with van der Waals surface area (Å²) in [7, 11) is 1.44. The van der Waals surface area contributed by atoms with Crippen molar-refractivity contribution in [3.05, 3.63) is 134 Å². The van der Waals surface area contributed by atoms with E-state index in [-0.39, 0.29) is 37.9 Å². The third kappa shape index (κ3) is 60.6. The number of nitrogens with one attached hydrogen (secondary N) is 1. The number of esters is 1. The molecule has 0 saturated carbocycles. The molecule has 0 aromatic rings. The Balaban J connectivity index is 5.20. The van der Waals surface area contributed by atoms with Crippen LogP contribution in [0.4, 0.5) is 0 Å². The lowest BCUT2D eigenvalue weighted by Gasteiger charge is -2.27. The molecule has 462 valence electrons. The lowest BCUT2D eigenvalue weighted by Crippen LogP contribution is -2.47. The summed E-state index contributed by atoms with van der Waals surface area (Å²) in [5.41, 5.74) is 0. The van der Waals surface area contributed by atoms with Gasteiger partial charge in [-0.05, 0) is 122 Å². The average Bonchev–Trinajstić information content (AvgIpc) is 3.44. The molecule has 0 saturated heterocycles. The number of ether oxygens (including phenoxy) is 1. The third-order valence-electron chi connectivity index (χ3n) is 13.6. The van der Waals surface area contributed by atoms with Crippen LogP contribution in [0.2, 0.25) is 0 Å². The highest BCUT2D eigenvalue weighted by Crippen LogP contribution is 2.43. The highest BCUT2D eigenvalue weighted by molar-refractivity contribution is 7.47. The van der Waals surface area contributed by atoms with Crippen molar-refractivity contribution < 1.29 is 37.3 Å². The summed E-state index contributed by atoms with van der Waals surface area (Å²) in [6.45, 7) is 6.80. The van der Waals surface area contributed by atoms with E-state index in [0.717, 1.165) is 109 Å².